The van der Waals surface area contributed by atoms with Crippen molar-refractivity contribution in [3.05, 3.63) is 57.8 Å². The number of halogens is 2. The highest BCUT2D eigenvalue weighted by atomic mass is 19.2. The zero-order valence-corrected chi connectivity index (χ0v) is 16.2. The monoisotopic (exact) mass is 403 g/mol. The van der Waals surface area contributed by atoms with Gasteiger partial charge in [-0.3, -0.25) is 4.79 Å². The molecule has 3 N–H and O–H groups in total. The van der Waals surface area contributed by atoms with Crippen molar-refractivity contribution in [2.24, 2.45) is 5.92 Å². The molecule has 0 spiro atoms. The Bertz CT molecular complexity index is 1050. The van der Waals surface area contributed by atoms with Crippen LogP contribution in [0.25, 0.3) is 11.2 Å². The molecule has 0 radical (unpaired) electrons. The minimum atomic E-state index is -0.905. The van der Waals surface area contributed by atoms with E-state index in [1.165, 1.54) is 12.1 Å². The summed E-state index contributed by atoms with van der Waals surface area (Å²) in [7, 11) is 0. The summed E-state index contributed by atoms with van der Waals surface area (Å²) >= 11 is 0. The van der Waals surface area contributed by atoms with Gasteiger partial charge >= 0.3 is 0 Å². The summed E-state index contributed by atoms with van der Waals surface area (Å²) in [6.45, 7) is 3.98. The first-order chi connectivity index (χ1) is 13.9. The number of rotatable bonds is 8. The second-order valence-electron chi connectivity index (χ2n) is 7.30. The van der Waals surface area contributed by atoms with Crippen molar-refractivity contribution in [1.29, 1.82) is 0 Å². The van der Waals surface area contributed by atoms with Gasteiger partial charge in [-0.05, 0) is 30.4 Å². The normalized spacial score (nSPS) is 12.5. The van der Waals surface area contributed by atoms with Crippen molar-refractivity contribution in [3.63, 3.8) is 0 Å². The molecule has 0 aliphatic rings. The predicted molar refractivity (Wildman–Crippen MR) is 106 cm³/mol. The first-order valence-electron chi connectivity index (χ1n) is 9.43. The van der Waals surface area contributed by atoms with Crippen molar-refractivity contribution in [2.45, 2.75) is 39.2 Å². The van der Waals surface area contributed by atoms with Crippen LogP contribution >= 0.6 is 0 Å². The van der Waals surface area contributed by atoms with E-state index in [2.05, 4.69) is 25.3 Å². The zero-order valence-electron chi connectivity index (χ0n) is 16.2. The Kier molecular flexibility index (Phi) is 6.48. The molecule has 3 rings (SSSR count). The molecule has 0 bridgehead atoms. The summed E-state index contributed by atoms with van der Waals surface area (Å²) in [5, 5.41) is 12.8. The van der Waals surface area contributed by atoms with Crippen LogP contribution < -0.4 is 10.9 Å². The molecule has 0 saturated heterocycles. The number of nitrogens with one attached hydrogen (secondary N) is 2. The summed E-state index contributed by atoms with van der Waals surface area (Å²) < 4.78 is 27.3. The number of aromatic nitrogens is 4. The zero-order chi connectivity index (χ0) is 21.0. The van der Waals surface area contributed by atoms with E-state index in [1.807, 2.05) is 13.8 Å². The largest absolute Gasteiger partial charge is 0.394 e. The van der Waals surface area contributed by atoms with Gasteiger partial charge in [-0.1, -0.05) is 26.0 Å². The van der Waals surface area contributed by atoms with E-state index in [-0.39, 0.29) is 36.7 Å². The fourth-order valence-corrected chi connectivity index (χ4v) is 3.12. The number of aliphatic hydroxyl groups excluding tert-OH is 1. The van der Waals surface area contributed by atoms with Crippen LogP contribution in [0.3, 0.4) is 0 Å². The lowest BCUT2D eigenvalue weighted by molar-refractivity contribution is 0.259. The lowest BCUT2D eigenvalue weighted by atomic mass is 10.0. The number of anilines is 1. The lowest BCUT2D eigenvalue weighted by Crippen LogP contribution is -2.27. The molecule has 154 valence electrons. The molecular formula is C20H23F2N5O2. The summed E-state index contributed by atoms with van der Waals surface area (Å²) in [5.74, 6) is -0.735. The number of H-pyrrole nitrogens is 1. The summed E-state index contributed by atoms with van der Waals surface area (Å²) in [6.07, 6.45) is 2.26. The van der Waals surface area contributed by atoms with E-state index in [0.717, 1.165) is 12.3 Å². The van der Waals surface area contributed by atoms with Gasteiger partial charge in [-0.2, -0.15) is 0 Å². The van der Waals surface area contributed by atoms with Crippen molar-refractivity contribution < 1.29 is 13.9 Å². The van der Waals surface area contributed by atoms with Crippen molar-refractivity contribution in [3.8, 4) is 0 Å². The Hall–Kier alpha value is -2.94. The lowest BCUT2D eigenvalue weighted by Gasteiger charge is -2.19. The molecule has 1 atom stereocenters. The van der Waals surface area contributed by atoms with E-state index in [9.17, 15) is 18.7 Å². The molecule has 7 nitrogen and oxygen atoms in total. The number of nitrogens with zero attached hydrogens (tertiary/aromatic N) is 3. The minimum absolute atomic E-state index is 0.100. The topological polar surface area (TPSA) is 104 Å². The van der Waals surface area contributed by atoms with Crippen LogP contribution in [-0.2, 0) is 12.8 Å². The second-order valence-corrected chi connectivity index (χ2v) is 7.30. The number of hydrogen-bond acceptors (Lipinski definition) is 6. The van der Waals surface area contributed by atoms with Crippen LogP contribution in [-0.4, -0.2) is 37.7 Å². The molecule has 3 aromatic rings. The van der Waals surface area contributed by atoms with Crippen LogP contribution in [0.4, 0.5) is 14.6 Å². The molecule has 0 aliphatic carbocycles. The van der Waals surface area contributed by atoms with E-state index >= 15 is 0 Å². The number of hydrogen-bond donors (Lipinski definition) is 3. The van der Waals surface area contributed by atoms with Gasteiger partial charge in [-0.15, -0.1) is 0 Å². The Morgan fingerprint density at radius 1 is 1.21 bits per heavy atom. The van der Waals surface area contributed by atoms with Gasteiger partial charge in [0, 0.05) is 6.42 Å². The van der Waals surface area contributed by atoms with Crippen LogP contribution in [0.5, 0.6) is 0 Å². The Morgan fingerprint density at radius 3 is 2.72 bits per heavy atom. The first-order valence-corrected chi connectivity index (χ1v) is 9.43. The van der Waals surface area contributed by atoms with Crippen molar-refractivity contribution in [2.75, 3.05) is 11.9 Å². The number of aryl methyl sites for hydroxylation is 2. The maximum atomic E-state index is 13.9. The highest BCUT2D eigenvalue weighted by molar-refractivity contribution is 5.81. The smallest absolute Gasteiger partial charge is 0.268 e. The standard InChI is InChI=1S/C20H23F2N5O2/c1-11(2)8-13(10-28)24-19-18-20(27-16(29)9-23-18)26-15(25-19)7-6-12-4-3-5-14(21)17(12)22/h3-5,9,11,13,28H,6-8,10H2,1-2H3,(H2,24,25,26,27,29)/t13-/m1/s1. The fourth-order valence-electron chi connectivity index (χ4n) is 3.12. The molecule has 0 aliphatic heterocycles. The van der Waals surface area contributed by atoms with Gasteiger partial charge in [0.2, 0.25) is 0 Å². The minimum Gasteiger partial charge on any atom is -0.394 e. The molecule has 29 heavy (non-hydrogen) atoms. The summed E-state index contributed by atoms with van der Waals surface area (Å²) in [5.41, 5.74) is 0.416. The molecule has 0 fully saturated rings. The SMILES string of the molecule is CC(C)C[C@H](CO)Nc1nc(CCc2cccc(F)c2F)nc2[nH]c(=O)cnc12. The molecule has 0 unspecified atom stereocenters. The Morgan fingerprint density at radius 2 is 2.00 bits per heavy atom. The van der Waals surface area contributed by atoms with Crippen LogP contribution in [0.15, 0.2) is 29.2 Å². The fraction of sp³-hybridized carbons (Fsp3) is 0.400. The molecular weight excluding hydrogens is 380 g/mol. The molecule has 0 saturated carbocycles. The van der Waals surface area contributed by atoms with Gasteiger partial charge in [0.15, 0.2) is 23.1 Å². The van der Waals surface area contributed by atoms with Crippen LogP contribution in [0.1, 0.15) is 31.7 Å². The van der Waals surface area contributed by atoms with Crippen LogP contribution in [0.2, 0.25) is 0 Å². The molecule has 9 heteroatoms. The quantitative estimate of drug-likeness (QED) is 0.534. The van der Waals surface area contributed by atoms with Gasteiger partial charge in [-0.25, -0.2) is 23.7 Å². The number of aromatic amines is 1. The van der Waals surface area contributed by atoms with Gasteiger partial charge in [0.25, 0.3) is 5.56 Å². The highest BCUT2D eigenvalue weighted by Crippen LogP contribution is 2.20. The predicted octanol–water partition coefficient (Wildman–Crippen LogP) is 2.60. The van der Waals surface area contributed by atoms with Crippen LogP contribution in [0, 0.1) is 17.6 Å². The average molecular weight is 403 g/mol. The average Bonchev–Trinajstić information content (AvgIpc) is 2.67. The summed E-state index contributed by atoms with van der Waals surface area (Å²) in [6, 6.07) is 3.76. The van der Waals surface area contributed by atoms with Crippen molar-refractivity contribution >= 4 is 17.0 Å². The van der Waals surface area contributed by atoms with Gasteiger partial charge < -0.3 is 15.4 Å². The maximum Gasteiger partial charge on any atom is 0.268 e. The van der Waals surface area contributed by atoms with E-state index in [4.69, 9.17) is 0 Å². The maximum absolute atomic E-state index is 13.9. The summed E-state index contributed by atoms with van der Waals surface area (Å²) in [4.78, 5) is 27.2. The van der Waals surface area contributed by atoms with E-state index in [0.29, 0.717) is 29.5 Å². The second kappa shape index (κ2) is 9.04. The Balaban J connectivity index is 1.93. The molecule has 2 aromatic heterocycles. The number of benzene rings is 1. The van der Waals surface area contributed by atoms with E-state index in [1.54, 1.807) is 0 Å². The number of aliphatic hydroxyl groups is 1. The Labute approximate surface area is 166 Å². The van der Waals surface area contributed by atoms with Gasteiger partial charge in [0.05, 0.1) is 18.8 Å². The molecule has 1 aromatic carbocycles. The van der Waals surface area contributed by atoms with E-state index < -0.39 is 17.2 Å². The third kappa shape index (κ3) is 5.11. The van der Waals surface area contributed by atoms with Crippen molar-refractivity contribution in [1.82, 2.24) is 19.9 Å². The molecule has 0 amide bonds. The number of fused-ring (bicyclic) bond motifs is 1. The molecule has 2 heterocycles. The highest BCUT2D eigenvalue weighted by Gasteiger charge is 2.16. The third-order valence-corrected chi connectivity index (χ3v) is 4.45. The third-order valence-electron chi connectivity index (χ3n) is 4.45. The first kappa shape index (κ1) is 20.8. The van der Waals surface area contributed by atoms with Gasteiger partial charge in [0.1, 0.15) is 11.3 Å².